The van der Waals surface area contributed by atoms with Crippen LogP contribution in [0.4, 0.5) is 0 Å². The van der Waals surface area contributed by atoms with Gasteiger partial charge in [-0.3, -0.25) is 4.79 Å². The monoisotopic (exact) mass is 269 g/mol. The van der Waals surface area contributed by atoms with Crippen molar-refractivity contribution in [3.05, 3.63) is 0 Å². The van der Waals surface area contributed by atoms with Crippen molar-refractivity contribution in [1.29, 1.82) is 0 Å². The topological polar surface area (TPSA) is 40.5 Å². The van der Waals surface area contributed by atoms with Gasteiger partial charge < -0.3 is 10.0 Å². The molecule has 0 bridgehead atoms. The summed E-state index contributed by atoms with van der Waals surface area (Å²) in [6.07, 6.45) is 7.53. The molecule has 0 aliphatic heterocycles. The molecule has 0 spiro atoms. The fourth-order valence-corrected chi connectivity index (χ4v) is 3.25. The molecule has 1 aliphatic rings. The number of carboxylic acid groups (broad SMARTS) is 1. The molecule has 1 aliphatic carbocycles. The van der Waals surface area contributed by atoms with E-state index in [1.54, 1.807) is 0 Å². The zero-order chi connectivity index (χ0) is 14.5. The summed E-state index contributed by atoms with van der Waals surface area (Å²) in [5.41, 5.74) is 0.479. The molecular formula is C16H31NO2. The molecule has 1 saturated carbocycles. The van der Waals surface area contributed by atoms with Crippen LogP contribution in [0.3, 0.4) is 0 Å². The predicted octanol–water partition coefficient (Wildman–Crippen LogP) is 3.78. The third kappa shape index (κ3) is 5.13. The first-order valence-electron chi connectivity index (χ1n) is 7.79. The van der Waals surface area contributed by atoms with Crippen LogP contribution in [-0.4, -0.2) is 35.6 Å². The highest BCUT2D eigenvalue weighted by Gasteiger charge is 2.32. The smallest absolute Gasteiger partial charge is 0.303 e. The van der Waals surface area contributed by atoms with E-state index in [0.29, 0.717) is 17.9 Å². The maximum Gasteiger partial charge on any atom is 0.303 e. The van der Waals surface area contributed by atoms with E-state index < -0.39 is 5.97 Å². The third-order valence-electron chi connectivity index (χ3n) is 5.24. The summed E-state index contributed by atoms with van der Waals surface area (Å²) >= 11 is 0. The van der Waals surface area contributed by atoms with Gasteiger partial charge in [0.05, 0.1) is 0 Å². The van der Waals surface area contributed by atoms with Crippen molar-refractivity contribution in [2.45, 2.75) is 71.8 Å². The average Bonchev–Trinajstić information content (AvgIpc) is 2.38. The molecule has 0 heterocycles. The highest BCUT2D eigenvalue weighted by molar-refractivity contribution is 5.66. The molecular weight excluding hydrogens is 238 g/mol. The lowest BCUT2D eigenvalue weighted by Gasteiger charge is -2.41. The normalized spacial score (nSPS) is 24.7. The number of nitrogens with zero attached hydrogens (tertiary/aromatic N) is 1. The Morgan fingerprint density at radius 1 is 1.26 bits per heavy atom. The van der Waals surface area contributed by atoms with Crippen molar-refractivity contribution >= 4 is 5.97 Å². The largest absolute Gasteiger partial charge is 0.481 e. The molecule has 0 aromatic carbocycles. The molecule has 0 amide bonds. The van der Waals surface area contributed by atoms with Crippen molar-refractivity contribution in [2.75, 3.05) is 13.6 Å². The fourth-order valence-electron chi connectivity index (χ4n) is 3.25. The van der Waals surface area contributed by atoms with E-state index in [0.717, 1.165) is 18.9 Å². The van der Waals surface area contributed by atoms with Crippen molar-refractivity contribution in [3.63, 3.8) is 0 Å². The molecule has 0 aromatic rings. The first-order valence-corrected chi connectivity index (χ1v) is 7.79. The molecule has 0 unspecified atom stereocenters. The Bertz CT molecular complexity index is 280. The molecule has 0 radical (unpaired) electrons. The number of carboxylic acids is 1. The summed E-state index contributed by atoms with van der Waals surface area (Å²) in [4.78, 5) is 12.9. The van der Waals surface area contributed by atoms with E-state index in [4.69, 9.17) is 5.11 Å². The van der Waals surface area contributed by atoms with E-state index in [1.165, 1.54) is 32.1 Å². The second kappa shape index (κ2) is 7.28. The maximum absolute atomic E-state index is 10.5. The highest BCUT2D eigenvalue weighted by Crippen LogP contribution is 2.41. The lowest BCUT2D eigenvalue weighted by Crippen LogP contribution is -2.38. The zero-order valence-electron chi connectivity index (χ0n) is 13.1. The minimum atomic E-state index is -0.679. The average molecular weight is 269 g/mol. The van der Waals surface area contributed by atoms with Gasteiger partial charge in [-0.1, -0.05) is 27.2 Å². The summed E-state index contributed by atoms with van der Waals surface area (Å²) in [6, 6.07) is 0.665. The summed E-state index contributed by atoms with van der Waals surface area (Å²) in [5.74, 6) is 0.183. The summed E-state index contributed by atoms with van der Waals surface area (Å²) in [5, 5.41) is 8.67. The first kappa shape index (κ1) is 16.5. The minimum Gasteiger partial charge on any atom is -0.481 e. The Labute approximate surface area is 118 Å². The van der Waals surface area contributed by atoms with Gasteiger partial charge in [0.15, 0.2) is 0 Å². The van der Waals surface area contributed by atoms with Crippen LogP contribution in [0.25, 0.3) is 0 Å². The van der Waals surface area contributed by atoms with Crippen LogP contribution in [0.1, 0.15) is 65.7 Å². The van der Waals surface area contributed by atoms with Crippen LogP contribution in [0.2, 0.25) is 0 Å². The van der Waals surface area contributed by atoms with Crippen LogP contribution in [0, 0.1) is 11.3 Å². The molecule has 112 valence electrons. The van der Waals surface area contributed by atoms with Gasteiger partial charge in [0.2, 0.25) is 0 Å². The molecule has 1 rings (SSSR count). The summed E-state index contributed by atoms with van der Waals surface area (Å²) in [7, 11) is 2.15. The minimum absolute atomic E-state index is 0.294. The predicted molar refractivity (Wildman–Crippen MR) is 79.3 cm³/mol. The van der Waals surface area contributed by atoms with Crippen LogP contribution in [0.15, 0.2) is 0 Å². The van der Waals surface area contributed by atoms with E-state index in [1.807, 2.05) is 0 Å². The van der Waals surface area contributed by atoms with E-state index in [2.05, 4.69) is 32.7 Å². The van der Waals surface area contributed by atoms with Crippen molar-refractivity contribution in [2.24, 2.45) is 11.3 Å². The molecule has 0 saturated heterocycles. The molecule has 0 aromatic heterocycles. The van der Waals surface area contributed by atoms with Gasteiger partial charge in [-0.2, -0.15) is 0 Å². The Morgan fingerprint density at radius 2 is 1.84 bits per heavy atom. The second-order valence-corrected chi connectivity index (χ2v) is 6.83. The Hall–Kier alpha value is -0.570. The standard InChI is InChI=1S/C16H31NO2/c1-5-16(2,3)13-8-10-14(11-9-13)17(4)12-6-7-15(18)19/h13-14H,5-12H2,1-4H3,(H,18,19). The Kier molecular flexibility index (Phi) is 6.31. The van der Waals surface area contributed by atoms with Gasteiger partial charge in [-0.15, -0.1) is 0 Å². The molecule has 19 heavy (non-hydrogen) atoms. The van der Waals surface area contributed by atoms with E-state index in [9.17, 15) is 4.79 Å². The van der Waals surface area contributed by atoms with E-state index in [-0.39, 0.29) is 0 Å². The quantitative estimate of drug-likeness (QED) is 0.764. The van der Waals surface area contributed by atoms with Gasteiger partial charge in [0.1, 0.15) is 0 Å². The van der Waals surface area contributed by atoms with Gasteiger partial charge in [-0.05, 0) is 57.0 Å². The number of rotatable bonds is 7. The van der Waals surface area contributed by atoms with E-state index >= 15 is 0 Å². The Morgan fingerprint density at radius 3 is 2.32 bits per heavy atom. The number of carbonyl (C=O) groups is 1. The van der Waals surface area contributed by atoms with Crippen molar-refractivity contribution < 1.29 is 9.90 Å². The van der Waals surface area contributed by atoms with Gasteiger partial charge >= 0.3 is 5.97 Å². The number of hydrogen-bond donors (Lipinski definition) is 1. The van der Waals surface area contributed by atoms with Crippen LogP contribution in [-0.2, 0) is 4.79 Å². The second-order valence-electron chi connectivity index (χ2n) is 6.83. The first-order chi connectivity index (χ1) is 8.86. The molecule has 3 nitrogen and oxygen atoms in total. The number of hydrogen-bond acceptors (Lipinski definition) is 2. The number of aliphatic carboxylic acids is 1. The zero-order valence-corrected chi connectivity index (χ0v) is 13.1. The molecule has 1 fully saturated rings. The lowest BCUT2D eigenvalue weighted by molar-refractivity contribution is -0.137. The van der Waals surface area contributed by atoms with Gasteiger partial charge in [0.25, 0.3) is 0 Å². The van der Waals surface area contributed by atoms with Crippen molar-refractivity contribution in [1.82, 2.24) is 4.90 Å². The van der Waals surface area contributed by atoms with Gasteiger partial charge in [-0.25, -0.2) is 0 Å². The van der Waals surface area contributed by atoms with Crippen LogP contribution in [0.5, 0.6) is 0 Å². The maximum atomic E-state index is 10.5. The highest BCUT2D eigenvalue weighted by atomic mass is 16.4. The fraction of sp³-hybridized carbons (Fsp3) is 0.938. The Balaban J connectivity index is 2.31. The van der Waals surface area contributed by atoms with Gasteiger partial charge in [0, 0.05) is 12.5 Å². The molecule has 0 atom stereocenters. The SMILES string of the molecule is CCC(C)(C)C1CCC(N(C)CCCC(=O)O)CC1. The summed E-state index contributed by atoms with van der Waals surface area (Å²) in [6.45, 7) is 8.01. The van der Waals surface area contributed by atoms with Crippen LogP contribution >= 0.6 is 0 Å². The third-order valence-corrected chi connectivity index (χ3v) is 5.24. The summed E-state index contributed by atoms with van der Waals surface area (Å²) < 4.78 is 0. The molecule has 1 N–H and O–H groups in total. The van der Waals surface area contributed by atoms with Crippen molar-refractivity contribution in [3.8, 4) is 0 Å². The van der Waals surface area contributed by atoms with Crippen LogP contribution < -0.4 is 0 Å². The molecule has 3 heteroatoms. The lowest BCUT2D eigenvalue weighted by atomic mass is 9.69.